The standard InChI is InChI=1S/C8H5ClF2INO2/c9-1-3-5(8(14)15)4(6(10)11)2-13-7(3)12/h2,6H,1H2,(H,14,15). The molecule has 0 spiro atoms. The zero-order chi connectivity index (χ0) is 11.6. The maximum atomic E-state index is 12.5. The number of rotatable bonds is 3. The molecule has 0 unspecified atom stereocenters. The van der Waals surface area contributed by atoms with Gasteiger partial charge < -0.3 is 5.11 Å². The Kier molecular flexibility index (Phi) is 4.21. The Bertz CT molecular complexity index is 400. The molecular weight excluding hydrogens is 342 g/mol. The maximum absolute atomic E-state index is 12.5. The number of hydrogen-bond acceptors (Lipinski definition) is 2. The highest BCUT2D eigenvalue weighted by Crippen LogP contribution is 2.28. The fourth-order valence-electron chi connectivity index (χ4n) is 1.09. The molecule has 0 aliphatic carbocycles. The molecule has 1 aromatic rings. The molecule has 0 saturated carbocycles. The summed E-state index contributed by atoms with van der Waals surface area (Å²) in [5, 5.41) is 8.83. The highest BCUT2D eigenvalue weighted by Gasteiger charge is 2.23. The first-order valence-corrected chi connectivity index (χ1v) is 5.35. The molecule has 1 N–H and O–H groups in total. The summed E-state index contributed by atoms with van der Waals surface area (Å²) < 4.78 is 25.3. The number of nitrogens with zero attached hydrogens (tertiary/aromatic N) is 1. The molecule has 7 heteroatoms. The number of aromatic nitrogens is 1. The van der Waals surface area contributed by atoms with E-state index in [-0.39, 0.29) is 11.4 Å². The Morgan fingerprint density at radius 3 is 2.67 bits per heavy atom. The second-order valence-electron chi connectivity index (χ2n) is 2.60. The zero-order valence-corrected chi connectivity index (χ0v) is 10.1. The molecule has 1 aromatic heterocycles. The van der Waals surface area contributed by atoms with Crippen molar-refractivity contribution in [3.8, 4) is 0 Å². The van der Waals surface area contributed by atoms with Crippen LogP contribution in [0.4, 0.5) is 8.78 Å². The highest BCUT2D eigenvalue weighted by atomic mass is 127. The second-order valence-corrected chi connectivity index (χ2v) is 3.89. The lowest BCUT2D eigenvalue weighted by molar-refractivity contribution is 0.0683. The van der Waals surface area contributed by atoms with Crippen molar-refractivity contribution in [1.29, 1.82) is 0 Å². The number of aromatic carboxylic acids is 1. The van der Waals surface area contributed by atoms with Crippen molar-refractivity contribution in [3.05, 3.63) is 26.6 Å². The molecular formula is C8H5ClF2INO2. The average Bonchev–Trinajstić information content (AvgIpc) is 2.16. The number of carboxylic acid groups (broad SMARTS) is 1. The van der Waals surface area contributed by atoms with Crippen LogP contribution >= 0.6 is 34.2 Å². The lowest BCUT2D eigenvalue weighted by Gasteiger charge is -2.09. The third-order valence-corrected chi connectivity index (χ3v) is 2.94. The first-order valence-electron chi connectivity index (χ1n) is 3.73. The largest absolute Gasteiger partial charge is 0.478 e. The Hall–Kier alpha value is -0.500. The van der Waals surface area contributed by atoms with Crippen LogP contribution in [-0.4, -0.2) is 16.1 Å². The fraction of sp³-hybridized carbons (Fsp3) is 0.250. The van der Waals surface area contributed by atoms with Crippen LogP contribution in [0.5, 0.6) is 0 Å². The molecule has 82 valence electrons. The van der Waals surface area contributed by atoms with Gasteiger partial charge in [0, 0.05) is 11.8 Å². The summed E-state index contributed by atoms with van der Waals surface area (Å²) in [6.07, 6.45) is -2.01. The topological polar surface area (TPSA) is 50.2 Å². The van der Waals surface area contributed by atoms with Crippen molar-refractivity contribution in [2.75, 3.05) is 0 Å². The molecule has 3 nitrogen and oxygen atoms in total. The van der Waals surface area contributed by atoms with Crippen molar-refractivity contribution in [2.24, 2.45) is 0 Å². The number of carbonyl (C=O) groups is 1. The Morgan fingerprint density at radius 1 is 1.67 bits per heavy atom. The van der Waals surface area contributed by atoms with Crippen molar-refractivity contribution in [3.63, 3.8) is 0 Å². The molecule has 0 saturated heterocycles. The Labute approximate surface area is 103 Å². The Morgan fingerprint density at radius 2 is 2.27 bits per heavy atom. The van der Waals surface area contributed by atoms with Gasteiger partial charge in [-0.05, 0) is 22.6 Å². The predicted molar refractivity (Wildman–Crippen MR) is 58.4 cm³/mol. The van der Waals surface area contributed by atoms with E-state index in [1.165, 1.54) is 0 Å². The van der Waals surface area contributed by atoms with Crippen LogP contribution < -0.4 is 0 Å². The lowest BCUT2D eigenvalue weighted by Crippen LogP contribution is -2.10. The van der Waals surface area contributed by atoms with E-state index in [0.717, 1.165) is 6.20 Å². The SMILES string of the molecule is O=C(O)c1c(C(F)F)cnc(I)c1CCl. The minimum absolute atomic E-state index is 0.127. The number of carboxylic acids is 1. The van der Waals surface area contributed by atoms with Crippen molar-refractivity contribution in [2.45, 2.75) is 12.3 Å². The normalized spacial score (nSPS) is 10.7. The van der Waals surface area contributed by atoms with E-state index in [2.05, 4.69) is 4.98 Å². The molecule has 0 amide bonds. The van der Waals surface area contributed by atoms with E-state index in [1.807, 2.05) is 0 Å². The molecule has 0 radical (unpaired) electrons. The van der Waals surface area contributed by atoms with E-state index in [1.54, 1.807) is 22.6 Å². The smallest absolute Gasteiger partial charge is 0.336 e. The van der Waals surface area contributed by atoms with Gasteiger partial charge >= 0.3 is 5.97 Å². The van der Waals surface area contributed by atoms with Crippen LogP contribution in [0.15, 0.2) is 6.20 Å². The van der Waals surface area contributed by atoms with E-state index in [9.17, 15) is 13.6 Å². The molecule has 0 aliphatic rings. The van der Waals surface area contributed by atoms with Crippen LogP contribution in [0.1, 0.15) is 27.9 Å². The van der Waals surface area contributed by atoms with Crippen molar-refractivity contribution < 1.29 is 18.7 Å². The third kappa shape index (κ3) is 2.54. The maximum Gasteiger partial charge on any atom is 0.336 e. The number of alkyl halides is 3. The van der Waals surface area contributed by atoms with Gasteiger partial charge in [-0.25, -0.2) is 18.6 Å². The van der Waals surface area contributed by atoms with Gasteiger partial charge in [-0.2, -0.15) is 0 Å². The lowest BCUT2D eigenvalue weighted by atomic mass is 10.1. The molecule has 0 fully saturated rings. The summed E-state index contributed by atoms with van der Waals surface area (Å²) in [6, 6.07) is 0. The summed E-state index contributed by atoms with van der Waals surface area (Å²) in [6.45, 7) is 0. The van der Waals surface area contributed by atoms with Crippen LogP contribution in [0.3, 0.4) is 0 Å². The fourth-order valence-corrected chi connectivity index (χ4v) is 2.17. The zero-order valence-electron chi connectivity index (χ0n) is 7.18. The van der Waals surface area contributed by atoms with Crippen LogP contribution in [0, 0.1) is 3.70 Å². The first kappa shape index (κ1) is 12.6. The van der Waals surface area contributed by atoms with Crippen LogP contribution in [0.2, 0.25) is 0 Å². The van der Waals surface area contributed by atoms with Crippen LogP contribution in [-0.2, 0) is 5.88 Å². The van der Waals surface area contributed by atoms with E-state index in [0.29, 0.717) is 3.70 Å². The van der Waals surface area contributed by atoms with Crippen molar-refractivity contribution in [1.82, 2.24) is 4.98 Å². The number of hydrogen-bond donors (Lipinski definition) is 1. The predicted octanol–water partition coefficient (Wildman–Crippen LogP) is 3.06. The monoisotopic (exact) mass is 347 g/mol. The highest BCUT2D eigenvalue weighted by molar-refractivity contribution is 14.1. The molecule has 0 bridgehead atoms. The van der Waals surface area contributed by atoms with Gasteiger partial charge in [0.05, 0.1) is 17.0 Å². The minimum Gasteiger partial charge on any atom is -0.478 e. The van der Waals surface area contributed by atoms with E-state index >= 15 is 0 Å². The molecule has 1 rings (SSSR count). The molecule has 1 heterocycles. The summed E-state index contributed by atoms with van der Waals surface area (Å²) in [4.78, 5) is 14.5. The summed E-state index contributed by atoms with van der Waals surface area (Å²) >= 11 is 7.26. The number of halogens is 4. The molecule has 0 atom stereocenters. The van der Waals surface area contributed by atoms with Gasteiger partial charge in [-0.3, -0.25) is 0 Å². The first-order chi connectivity index (χ1) is 6.99. The van der Waals surface area contributed by atoms with E-state index in [4.69, 9.17) is 16.7 Å². The molecule has 15 heavy (non-hydrogen) atoms. The number of pyridine rings is 1. The molecule has 0 aromatic carbocycles. The minimum atomic E-state index is -2.87. The van der Waals surface area contributed by atoms with Gasteiger partial charge in [-0.15, -0.1) is 11.6 Å². The second kappa shape index (κ2) is 5.02. The summed E-state index contributed by atoms with van der Waals surface area (Å²) in [5.41, 5.74) is -0.916. The third-order valence-electron chi connectivity index (χ3n) is 1.74. The molecule has 0 aliphatic heterocycles. The van der Waals surface area contributed by atoms with Gasteiger partial charge in [0.15, 0.2) is 0 Å². The van der Waals surface area contributed by atoms with Gasteiger partial charge in [0.2, 0.25) is 0 Å². The van der Waals surface area contributed by atoms with E-state index < -0.39 is 23.5 Å². The van der Waals surface area contributed by atoms with Gasteiger partial charge in [0.1, 0.15) is 3.70 Å². The quantitative estimate of drug-likeness (QED) is 0.519. The summed E-state index contributed by atoms with van der Waals surface area (Å²) in [5.74, 6) is -1.57. The average molecular weight is 347 g/mol. The van der Waals surface area contributed by atoms with Gasteiger partial charge in [0.25, 0.3) is 6.43 Å². The van der Waals surface area contributed by atoms with Gasteiger partial charge in [-0.1, -0.05) is 0 Å². The van der Waals surface area contributed by atoms with Crippen molar-refractivity contribution >= 4 is 40.2 Å². The van der Waals surface area contributed by atoms with Crippen LogP contribution in [0.25, 0.3) is 0 Å². The summed E-state index contributed by atoms with van der Waals surface area (Å²) in [7, 11) is 0. The Balaban J connectivity index is 3.49.